The number of Topliss-reactive ketones (excluding diaryl/α,β-unsaturated/α-hetero) is 1. The van der Waals surface area contributed by atoms with E-state index in [-0.39, 0.29) is 17.7 Å². The number of pyridine rings is 1. The summed E-state index contributed by atoms with van der Waals surface area (Å²) in [5.41, 5.74) is 2.54. The van der Waals surface area contributed by atoms with Crippen molar-refractivity contribution in [3.63, 3.8) is 0 Å². The predicted molar refractivity (Wildman–Crippen MR) is 132 cm³/mol. The molecule has 1 aliphatic rings. The van der Waals surface area contributed by atoms with E-state index in [0.29, 0.717) is 23.1 Å². The minimum Gasteiger partial charge on any atom is -0.384 e. The molecule has 35 heavy (non-hydrogen) atoms. The van der Waals surface area contributed by atoms with Crippen LogP contribution < -0.4 is 16.2 Å². The Balaban J connectivity index is 1.63. The Morgan fingerprint density at radius 2 is 2.03 bits per heavy atom. The molecule has 1 aromatic carbocycles. The minimum absolute atomic E-state index is 0.149. The lowest BCUT2D eigenvalue weighted by Crippen LogP contribution is -2.26. The molecule has 0 saturated heterocycles. The molecule has 180 valence electrons. The molecule has 4 aromatic rings. The second-order valence-electron chi connectivity index (χ2n) is 9.28. The number of anilines is 2. The van der Waals surface area contributed by atoms with E-state index in [1.165, 1.54) is 33.6 Å². The summed E-state index contributed by atoms with van der Waals surface area (Å²) in [6, 6.07) is 11.3. The summed E-state index contributed by atoms with van der Waals surface area (Å²) in [5.74, 6) is 0.486. The Morgan fingerprint density at radius 3 is 2.80 bits per heavy atom. The van der Waals surface area contributed by atoms with Crippen molar-refractivity contribution in [3.05, 3.63) is 69.8 Å². The van der Waals surface area contributed by atoms with Gasteiger partial charge in [-0.1, -0.05) is 12.1 Å². The summed E-state index contributed by atoms with van der Waals surface area (Å²) in [6.45, 7) is 6.31. The lowest BCUT2D eigenvalue weighted by molar-refractivity contribution is -0.117. The maximum absolute atomic E-state index is 13.2. The van der Waals surface area contributed by atoms with Crippen LogP contribution >= 0.6 is 0 Å². The molecule has 1 aliphatic heterocycles. The van der Waals surface area contributed by atoms with Crippen molar-refractivity contribution in [1.82, 2.24) is 29.6 Å². The number of carbonyl (C=O) groups is 1. The number of ketones is 1. The monoisotopic (exact) mass is 473 g/mol. The SMILES string of the molecule is CC(=O)Cn1c(=O)c2cnc(Nc3ccc4c(c3)CNCC4)nc2n1-c1cccc(C(C)(C)O)n1. The van der Waals surface area contributed by atoms with E-state index in [1.807, 2.05) is 6.07 Å². The zero-order valence-corrected chi connectivity index (χ0v) is 19.9. The van der Waals surface area contributed by atoms with Crippen LogP contribution in [0.3, 0.4) is 0 Å². The number of hydrogen-bond donors (Lipinski definition) is 3. The molecule has 0 spiro atoms. The minimum atomic E-state index is -1.19. The molecule has 5 rings (SSSR count). The first kappa shape index (κ1) is 22.9. The molecular formula is C25H27N7O3. The molecule has 0 fully saturated rings. The van der Waals surface area contributed by atoms with Crippen LogP contribution in [0.2, 0.25) is 0 Å². The van der Waals surface area contributed by atoms with Crippen molar-refractivity contribution in [2.75, 3.05) is 11.9 Å². The number of nitrogens with one attached hydrogen (secondary N) is 2. The first-order chi connectivity index (χ1) is 16.7. The first-order valence-electron chi connectivity index (χ1n) is 11.5. The molecule has 0 bridgehead atoms. The summed E-state index contributed by atoms with van der Waals surface area (Å²) < 4.78 is 2.81. The average molecular weight is 474 g/mol. The molecule has 0 saturated carbocycles. The van der Waals surface area contributed by atoms with E-state index < -0.39 is 11.2 Å². The van der Waals surface area contributed by atoms with Crippen LogP contribution in [0.5, 0.6) is 0 Å². The van der Waals surface area contributed by atoms with Gasteiger partial charge in [0.1, 0.15) is 17.5 Å². The molecule has 0 radical (unpaired) electrons. The van der Waals surface area contributed by atoms with Crippen molar-refractivity contribution in [2.24, 2.45) is 0 Å². The number of aromatic nitrogens is 5. The van der Waals surface area contributed by atoms with Crippen molar-refractivity contribution >= 4 is 28.5 Å². The van der Waals surface area contributed by atoms with Crippen LogP contribution in [-0.2, 0) is 29.9 Å². The van der Waals surface area contributed by atoms with Gasteiger partial charge in [0.2, 0.25) is 5.95 Å². The number of benzene rings is 1. The van der Waals surface area contributed by atoms with Gasteiger partial charge >= 0.3 is 0 Å². The smallest absolute Gasteiger partial charge is 0.278 e. The topological polar surface area (TPSA) is 127 Å². The van der Waals surface area contributed by atoms with E-state index in [9.17, 15) is 14.7 Å². The zero-order valence-electron chi connectivity index (χ0n) is 19.9. The summed E-state index contributed by atoms with van der Waals surface area (Å²) in [7, 11) is 0. The third-order valence-corrected chi connectivity index (χ3v) is 5.98. The van der Waals surface area contributed by atoms with Crippen LogP contribution in [0.15, 0.2) is 47.4 Å². The molecule has 0 amide bonds. The van der Waals surface area contributed by atoms with Crippen LogP contribution in [-0.4, -0.2) is 41.8 Å². The second kappa shape index (κ2) is 8.71. The standard InChI is InChI=1S/C25H27N7O3/c1-15(33)14-31-23(34)19-13-27-24(28-18-8-7-16-9-10-26-12-17(16)11-18)30-22(19)32(31)21-6-4-5-20(29-21)25(2,3)35/h4-8,11,13,26,35H,9-10,12,14H2,1-3H3,(H,27,28,30). The van der Waals surface area contributed by atoms with E-state index in [0.717, 1.165) is 25.2 Å². The highest BCUT2D eigenvalue weighted by atomic mass is 16.3. The van der Waals surface area contributed by atoms with Gasteiger partial charge in [-0.3, -0.25) is 9.59 Å². The van der Waals surface area contributed by atoms with Gasteiger partial charge in [0.05, 0.1) is 5.69 Å². The first-order valence-corrected chi connectivity index (χ1v) is 11.5. The quantitative estimate of drug-likeness (QED) is 0.389. The Labute approximate surface area is 201 Å². The van der Waals surface area contributed by atoms with Crippen LogP contribution in [0.25, 0.3) is 16.9 Å². The highest BCUT2D eigenvalue weighted by molar-refractivity contribution is 5.79. The third-order valence-electron chi connectivity index (χ3n) is 5.98. The van der Waals surface area contributed by atoms with Crippen molar-refractivity contribution in [1.29, 1.82) is 0 Å². The van der Waals surface area contributed by atoms with Gasteiger partial charge in [-0.25, -0.2) is 19.3 Å². The molecule has 0 unspecified atom stereocenters. The predicted octanol–water partition coefficient (Wildman–Crippen LogP) is 2.18. The number of rotatable bonds is 6. The van der Waals surface area contributed by atoms with Crippen LogP contribution in [0.1, 0.15) is 37.6 Å². The highest BCUT2D eigenvalue weighted by Crippen LogP contribution is 2.23. The van der Waals surface area contributed by atoms with Gasteiger partial charge in [-0.15, -0.1) is 0 Å². The van der Waals surface area contributed by atoms with Gasteiger partial charge in [-0.2, -0.15) is 4.98 Å². The average Bonchev–Trinajstić information content (AvgIpc) is 3.09. The van der Waals surface area contributed by atoms with E-state index >= 15 is 0 Å². The Hall–Kier alpha value is -3.89. The second-order valence-corrected chi connectivity index (χ2v) is 9.28. The fraction of sp³-hybridized carbons (Fsp3) is 0.320. The summed E-state index contributed by atoms with van der Waals surface area (Å²) >= 11 is 0. The molecule has 0 aliphatic carbocycles. The maximum atomic E-state index is 13.2. The molecule has 10 nitrogen and oxygen atoms in total. The number of carbonyl (C=O) groups excluding carboxylic acids is 1. The molecule has 10 heteroatoms. The third kappa shape index (κ3) is 4.45. The largest absolute Gasteiger partial charge is 0.384 e. The molecule has 3 aromatic heterocycles. The van der Waals surface area contributed by atoms with Crippen molar-refractivity contribution in [3.8, 4) is 5.82 Å². The van der Waals surface area contributed by atoms with Gasteiger partial charge in [0.25, 0.3) is 5.56 Å². The van der Waals surface area contributed by atoms with E-state index in [2.05, 4.69) is 37.7 Å². The Kier molecular flexibility index (Phi) is 5.70. The van der Waals surface area contributed by atoms with Crippen molar-refractivity contribution < 1.29 is 9.90 Å². The summed E-state index contributed by atoms with van der Waals surface area (Å²) in [5, 5.41) is 17.3. The van der Waals surface area contributed by atoms with Gasteiger partial charge in [0.15, 0.2) is 17.2 Å². The van der Waals surface area contributed by atoms with Gasteiger partial charge < -0.3 is 15.7 Å². The number of nitrogens with zero attached hydrogens (tertiary/aromatic N) is 5. The van der Waals surface area contributed by atoms with E-state index in [1.54, 1.807) is 32.0 Å². The fourth-order valence-corrected chi connectivity index (χ4v) is 4.24. The molecule has 0 atom stereocenters. The summed E-state index contributed by atoms with van der Waals surface area (Å²) in [6.07, 6.45) is 2.45. The number of hydrogen-bond acceptors (Lipinski definition) is 8. The van der Waals surface area contributed by atoms with Crippen LogP contribution in [0.4, 0.5) is 11.6 Å². The van der Waals surface area contributed by atoms with E-state index in [4.69, 9.17) is 0 Å². The van der Waals surface area contributed by atoms with Crippen molar-refractivity contribution in [2.45, 2.75) is 45.9 Å². The van der Waals surface area contributed by atoms with Gasteiger partial charge in [-0.05, 0) is 69.1 Å². The normalized spacial score (nSPS) is 13.6. The summed E-state index contributed by atoms with van der Waals surface area (Å²) in [4.78, 5) is 38.7. The lowest BCUT2D eigenvalue weighted by atomic mass is 10.0. The maximum Gasteiger partial charge on any atom is 0.278 e. The van der Waals surface area contributed by atoms with Crippen LogP contribution in [0, 0.1) is 0 Å². The van der Waals surface area contributed by atoms with Gasteiger partial charge in [0, 0.05) is 18.4 Å². The number of fused-ring (bicyclic) bond motifs is 2. The zero-order chi connectivity index (χ0) is 24.7. The Morgan fingerprint density at radius 1 is 1.20 bits per heavy atom. The molecule has 4 heterocycles. The number of aliphatic hydroxyl groups is 1. The Bertz CT molecular complexity index is 1500. The fourth-order valence-electron chi connectivity index (χ4n) is 4.24. The molecular weight excluding hydrogens is 446 g/mol. The lowest BCUT2D eigenvalue weighted by Gasteiger charge is -2.18. The molecule has 3 N–H and O–H groups in total. The highest BCUT2D eigenvalue weighted by Gasteiger charge is 2.22.